The van der Waals surface area contributed by atoms with E-state index in [9.17, 15) is 8.78 Å². The van der Waals surface area contributed by atoms with Gasteiger partial charge in [-0.05, 0) is 48.3 Å². The highest BCUT2D eigenvalue weighted by Gasteiger charge is 2.26. The summed E-state index contributed by atoms with van der Waals surface area (Å²) in [5.41, 5.74) is 1.01. The van der Waals surface area contributed by atoms with Crippen molar-refractivity contribution in [1.82, 2.24) is 0 Å². The second kappa shape index (κ2) is 9.30. The molecule has 1 aliphatic heterocycles. The van der Waals surface area contributed by atoms with Crippen LogP contribution in [0.2, 0.25) is 18.1 Å². The molecule has 0 aromatic heterocycles. The van der Waals surface area contributed by atoms with Crippen molar-refractivity contribution in [3.63, 3.8) is 0 Å². The normalized spacial score (nSPS) is 30.4. The van der Waals surface area contributed by atoms with Gasteiger partial charge in [-0.1, -0.05) is 76.1 Å². The van der Waals surface area contributed by atoms with Crippen LogP contribution >= 0.6 is 0 Å². The molecule has 1 saturated carbocycles. The standard InChI is InChI=1S/C22H34F2Si/c1-2-3-17-4-6-18(7-5-17)10-13-25-14-11-19(12-15-25)20-8-9-21(23)22(24)16-20/h8-9,16-19,25H,2-7,10-15H2,1H3/t17-,18-,19?,25?. The Morgan fingerprint density at radius 3 is 2.12 bits per heavy atom. The van der Waals surface area contributed by atoms with Crippen LogP contribution in [0.3, 0.4) is 0 Å². The van der Waals surface area contributed by atoms with Crippen molar-refractivity contribution >= 4 is 8.80 Å². The number of benzene rings is 1. The molecule has 3 heteroatoms. The van der Waals surface area contributed by atoms with Crippen molar-refractivity contribution in [1.29, 1.82) is 0 Å². The van der Waals surface area contributed by atoms with E-state index in [4.69, 9.17) is 0 Å². The molecule has 1 aliphatic carbocycles. The summed E-state index contributed by atoms with van der Waals surface area (Å²) in [7, 11) is -0.578. The molecule has 140 valence electrons. The van der Waals surface area contributed by atoms with E-state index in [2.05, 4.69) is 6.92 Å². The average Bonchev–Trinajstić information content (AvgIpc) is 2.64. The number of rotatable bonds is 6. The predicted molar refractivity (Wildman–Crippen MR) is 105 cm³/mol. The van der Waals surface area contributed by atoms with Gasteiger partial charge in [-0.3, -0.25) is 0 Å². The fourth-order valence-electron chi connectivity index (χ4n) is 5.24. The van der Waals surface area contributed by atoms with Gasteiger partial charge in [0, 0.05) is 8.80 Å². The zero-order valence-electron chi connectivity index (χ0n) is 15.8. The summed E-state index contributed by atoms with van der Waals surface area (Å²) in [5, 5.41) is 0. The van der Waals surface area contributed by atoms with E-state index < -0.39 is 20.4 Å². The van der Waals surface area contributed by atoms with Crippen LogP contribution in [0.5, 0.6) is 0 Å². The van der Waals surface area contributed by atoms with Crippen molar-refractivity contribution in [3.05, 3.63) is 35.4 Å². The molecule has 0 unspecified atom stereocenters. The zero-order chi connectivity index (χ0) is 17.6. The first-order chi connectivity index (χ1) is 12.2. The first kappa shape index (κ1) is 19.1. The van der Waals surface area contributed by atoms with Crippen LogP contribution in [-0.2, 0) is 0 Å². The summed E-state index contributed by atoms with van der Waals surface area (Å²) in [5.74, 6) is 1.08. The first-order valence-corrected chi connectivity index (χ1v) is 13.1. The van der Waals surface area contributed by atoms with E-state index >= 15 is 0 Å². The molecule has 3 rings (SSSR count). The van der Waals surface area contributed by atoms with Gasteiger partial charge < -0.3 is 0 Å². The number of hydrogen-bond acceptors (Lipinski definition) is 0. The van der Waals surface area contributed by atoms with Gasteiger partial charge in [-0.15, -0.1) is 0 Å². The van der Waals surface area contributed by atoms with Crippen molar-refractivity contribution < 1.29 is 8.78 Å². The predicted octanol–water partition coefficient (Wildman–Crippen LogP) is 7.07. The van der Waals surface area contributed by atoms with E-state index in [0.29, 0.717) is 5.92 Å². The van der Waals surface area contributed by atoms with Gasteiger partial charge >= 0.3 is 0 Å². The largest absolute Gasteiger partial charge is 0.204 e. The molecular formula is C22H34F2Si. The highest BCUT2D eigenvalue weighted by atomic mass is 28.3. The molecule has 0 amide bonds. The van der Waals surface area contributed by atoms with Crippen LogP contribution in [0.25, 0.3) is 0 Å². The van der Waals surface area contributed by atoms with Gasteiger partial charge in [0.1, 0.15) is 0 Å². The van der Waals surface area contributed by atoms with Gasteiger partial charge in [0.2, 0.25) is 0 Å². The van der Waals surface area contributed by atoms with Gasteiger partial charge in [-0.25, -0.2) is 8.78 Å². The molecule has 2 aliphatic rings. The maximum absolute atomic E-state index is 13.4. The Hall–Kier alpha value is -0.703. The first-order valence-electron chi connectivity index (χ1n) is 10.6. The molecule has 1 aromatic carbocycles. The topological polar surface area (TPSA) is 0 Å². The lowest BCUT2D eigenvalue weighted by molar-refractivity contribution is 0.257. The van der Waals surface area contributed by atoms with Crippen molar-refractivity contribution in [2.24, 2.45) is 11.8 Å². The zero-order valence-corrected chi connectivity index (χ0v) is 16.9. The summed E-state index contributed by atoms with van der Waals surface area (Å²) in [6.45, 7) is 2.31. The van der Waals surface area contributed by atoms with Crippen LogP contribution in [0.15, 0.2) is 18.2 Å². The monoisotopic (exact) mass is 364 g/mol. The third kappa shape index (κ3) is 5.38. The van der Waals surface area contributed by atoms with Crippen molar-refractivity contribution in [3.8, 4) is 0 Å². The summed E-state index contributed by atoms with van der Waals surface area (Å²) < 4.78 is 26.6. The number of halogens is 2. The van der Waals surface area contributed by atoms with E-state index in [0.717, 1.165) is 17.4 Å². The van der Waals surface area contributed by atoms with Gasteiger partial charge in [0.15, 0.2) is 11.6 Å². The molecule has 0 bridgehead atoms. The Morgan fingerprint density at radius 2 is 1.52 bits per heavy atom. The molecule has 0 N–H and O–H groups in total. The Kier molecular flexibility index (Phi) is 7.09. The second-order valence-corrected chi connectivity index (χ2v) is 12.1. The fourth-order valence-corrected chi connectivity index (χ4v) is 8.80. The third-order valence-electron chi connectivity index (χ3n) is 6.91. The van der Waals surface area contributed by atoms with Gasteiger partial charge in [0.25, 0.3) is 0 Å². The van der Waals surface area contributed by atoms with E-state index in [1.54, 1.807) is 6.07 Å². The molecule has 0 atom stereocenters. The molecule has 2 fully saturated rings. The highest BCUT2D eigenvalue weighted by Crippen LogP contribution is 2.38. The Morgan fingerprint density at radius 1 is 0.880 bits per heavy atom. The third-order valence-corrected chi connectivity index (χ3v) is 10.4. The quantitative estimate of drug-likeness (QED) is 0.474. The molecule has 0 radical (unpaired) electrons. The minimum atomic E-state index is -0.722. The minimum absolute atomic E-state index is 0.461. The smallest absolute Gasteiger partial charge is 0.159 e. The molecule has 25 heavy (non-hydrogen) atoms. The molecule has 1 saturated heterocycles. The summed E-state index contributed by atoms with van der Waals surface area (Å²) >= 11 is 0. The minimum Gasteiger partial charge on any atom is -0.204 e. The van der Waals surface area contributed by atoms with E-state index in [-0.39, 0.29) is 0 Å². The maximum atomic E-state index is 13.4. The molecule has 0 nitrogen and oxygen atoms in total. The van der Waals surface area contributed by atoms with E-state index in [1.165, 1.54) is 88.1 Å². The summed E-state index contributed by atoms with van der Waals surface area (Å²) in [6, 6.07) is 8.83. The summed E-state index contributed by atoms with van der Waals surface area (Å²) in [4.78, 5) is 0. The van der Waals surface area contributed by atoms with Crippen LogP contribution in [-0.4, -0.2) is 8.80 Å². The summed E-state index contributed by atoms with van der Waals surface area (Å²) in [6.07, 6.45) is 12.6. The van der Waals surface area contributed by atoms with Crippen LogP contribution < -0.4 is 0 Å². The number of hydrogen-bond donors (Lipinski definition) is 0. The van der Waals surface area contributed by atoms with Crippen molar-refractivity contribution in [2.45, 2.75) is 88.8 Å². The van der Waals surface area contributed by atoms with Crippen LogP contribution in [0.1, 0.15) is 76.2 Å². The molecule has 0 spiro atoms. The maximum Gasteiger partial charge on any atom is 0.159 e. The van der Waals surface area contributed by atoms with Crippen LogP contribution in [0.4, 0.5) is 8.78 Å². The van der Waals surface area contributed by atoms with Crippen molar-refractivity contribution in [2.75, 3.05) is 0 Å². The van der Waals surface area contributed by atoms with Gasteiger partial charge in [-0.2, -0.15) is 0 Å². The molecule has 1 heterocycles. The Bertz CT molecular complexity index is 529. The van der Waals surface area contributed by atoms with E-state index in [1.807, 2.05) is 0 Å². The van der Waals surface area contributed by atoms with Gasteiger partial charge in [0.05, 0.1) is 0 Å². The lowest BCUT2D eigenvalue weighted by atomic mass is 9.79. The van der Waals surface area contributed by atoms with Crippen LogP contribution in [0, 0.1) is 23.5 Å². The average molecular weight is 365 g/mol. The highest BCUT2D eigenvalue weighted by molar-refractivity contribution is 6.59. The SMILES string of the molecule is CCC[C@H]1CC[C@H](CC[SiH]2CCC(c3ccc(F)c(F)c3)CC2)CC1. The fraction of sp³-hybridized carbons (Fsp3) is 0.727. The molecule has 1 aromatic rings. The molecular weight excluding hydrogens is 330 g/mol. The lowest BCUT2D eigenvalue weighted by Crippen LogP contribution is -2.22. The Labute approximate surface area is 154 Å². The Balaban J connectivity index is 1.37. The second-order valence-electron chi connectivity index (χ2n) is 8.64. The lowest BCUT2D eigenvalue weighted by Gasteiger charge is -2.31.